The maximum Gasteiger partial charge on any atom is 0.270 e. The number of ether oxygens (including phenoxy) is 2. The van der Waals surface area contributed by atoms with Crippen molar-refractivity contribution >= 4 is 29.1 Å². The van der Waals surface area contributed by atoms with Crippen molar-refractivity contribution in [1.29, 1.82) is 0 Å². The number of methoxy groups -OCH3 is 2. The highest BCUT2D eigenvalue weighted by molar-refractivity contribution is 6.42. The van der Waals surface area contributed by atoms with Crippen molar-refractivity contribution in [2.24, 2.45) is 0 Å². The van der Waals surface area contributed by atoms with E-state index in [1.807, 2.05) is 48.5 Å². The Labute approximate surface area is 201 Å². The molecule has 8 heteroatoms. The summed E-state index contributed by atoms with van der Waals surface area (Å²) in [4.78, 5) is 17.0. The molecule has 0 spiro atoms. The van der Waals surface area contributed by atoms with Crippen molar-refractivity contribution in [3.05, 3.63) is 94.5 Å². The van der Waals surface area contributed by atoms with Crippen LogP contribution in [-0.2, 0) is 6.54 Å². The zero-order valence-corrected chi connectivity index (χ0v) is 19.5. The van der Waals surface area contributed by atoms with Gasteiger partial charge in [-0.05, 0) is 41.5 Å². The van der Waals surface area contributed by atoms with Crippen LogP contribution in [0.2, 0.25) is 10.0 Å². The van der Waals surface area contributed by atoms with Crippen LogP contribution in [0.25, 0.3) is 16.8 Å². The smallest absolute Gasteiger partial charge is 0.270 e. The molecule has 3 aromatic carbocycles. The number of carbonyl (C=O) groups is 1. The van der Waals surface area contributed by atoms with Gasteiger partial charge in [0.1, 0.15) is 17.2 Å². The van der Waals surface area contributed by atoms with Crippen LogP contribution >= 0.6 is 23.2 Å². The Morgan fingerprint density at radius 3 is 2.30 bits per heavy atom. The molecular formula is C25H21Cl2N3O3. The first-order chi connectivity index (χ1) is 16.0. The molecule has 0 unspecified atom stereocenters. The summed E-state index contributed by atoms with van der Waals surface area (Å²) in [6.45, 7) is 0.246. The lowest BCUT2D eigenvalue weighted by atomic mass is 10.0. The van der Waals surface area contributed by atoms with Gasteiger partial charge in [-0.1, -0.05) is 53.5 Å². The van der Waals surface area contributed by atoms with Crippen LogP contribution < -0.4 is 14.8 Å². The van der Waals surface area contributed by atoms with Crippen LogP contribution in [0, 0.1) is 0 Å². The first kappa shape index (κ1) is 22.7. The fourth-order valence-corrected chi connectivity index (χ4v) is 3.93. The first-order valence-corrected chi connectivity index (χ1v) is 10.8. The number of imidazole rings is 1. The van der Waals surface area contributed by atoms with Crippen molar-refractivity contribution in [2.75, 3.05) is 14.2 Å². The molecule has 0 saturated carbocycles. The van der Waals surface area contributed by atoms with Gasteiger partial charge < -0.3 is 14.8 Å². The van der Waals surface area contributed by atoms with E-state index in [9.17, 15) is 4.79 Å². The van der Waals surface area contributed by atoms with Crippen LogP contribution in [0.3, 0.4) is 0 Å². The molecule has 0 aliphatic carbocycles. The topological polar surface area (TPSA) is 65.4 Å². The van der Waals surface area contributed by atoms with Crippen LogP contribution in [-0.4, -0.2) is 29.7 Å². The number of nitrogens with zero attached hydrogens (tertiary/aromatic N) is 2. The summed E-state index contributed by atoms with van der Waals surface area (Å²) >= 11 is 12.3. The molecule has 0 aliphatic rings. The zero-order valence-electron chi connectivity index (χ0n) is 18.0. The third-order valence-corrected chi connectivity index (χ3v) is 6.06. The summed E-state index contributed by atoms with van der Waals surface area (Å²) in [6, 6.07) is 18.7. The van der Waals surface area contributed by atoms with E-state index in [4.69, 9.17) is 32.7 Å². The normalized spacial score (nSPS) is 10.7. The molecule has 33 heavy (non-hydrogen) atoms. The van der Waals surface area contributed by atoms with E-state index < -0.39 is 0 Å². The number of benzene rings is 3. The lowest BCUT2D eigenvalue weighted by molar-refractivity contribution is 0.0944. The highest BCUT2D eigenvalue weighted by Crippen LogP contribution is 2.38. The summed E-state index contributed by atoms with van der Waals surface area (Å²) < 4.78 is 12.7. The average Bonchev–Trinajstić information content (AvgIpc) is 3.34. The molecule has 4 rings (SSSR count). The highest BCUT2D eigenvalue weighted by Gasteiger charge is 2.16. The Morgan fingerprint density at radius 2 is 1.64 bits per heavy atom. The second-order valence-corrected chi connectivity index (χ2v) is 7.91. The summed E-state index contributed by atoms with van der Waals surface area (Å²) in [6.07, 6.45) is 3.12. The Kier molecular flexibility index (Phi) is 6.87. The molecule has 1 heterocycles. The van der Waals surface area contributed by atoms with Crippen LogP contribution in [0.15, 0.2) is 73.2 Å². The maximum absolute atomic E-state index is 12.8. The lowest BCUT2D eigenvalue weighted by Crippen LogP contribution is -2.25. The van der Waals surface area contributed by atoms with Crippen molar-refractivity contribution in [1.82, 2.24) is 14.9 Å². The molecule has 0 bridgehead atoms. The second kappa shape index (κ2) is 9.98. The number of nitrogens with one attached hydrogen (secondary N) is 1. The Morgan fingerprint density at radius 1 is 0.970 bits per heavy atom. The molecule has 1 amide bonds. The minimum atomic E-state index is -0.279. The number of hydrogen-bond acceptors (Lipinski definition) is 4. The van der Waals surface area contributed by atoms with E-state index in [2.05, 4.69) is 10.3 Å². The molecule has 1 aromatic heterocycles. The molecule has 0 atom stereocenters. The highest BCUT2D eigenvalue weighted by atomic mass is 35.5. The Hall–Kier alpha value is -3.48. The van der Waals surface area contributed by atoms with Crippen molar-refractivity contribution in [3.63, 3.8) is 0 Å². The lowest BCUT2D eigenvalue weighted by Gasteiger charge is -2.14. The Bertz CT molecular complexity index is 1260. The zero-order chi connectivity index (χ0) is 23.4. The van der Waals surface area contributed by atoms with Crippen LogP contribution in [0.5, 0.6) is 11.5 Å². The quantitative estimate of drug-likeness (QED) is 0.362. The monoisotopic (exact) mass is 481 g/mol. The minimum absolute atomic E-state index is 0.246. The fourth-order valence-electron chi connectivity index (χ4n) is 3.54. The number of carbonyl (C=O) groups excluding carboxylic acids is 1. The van der Waals surface area contributed by atoms with Crippen molar-refractivity contribution in [3.8, 4) is 28.3 Å². The van der Waals surface area contributed by atoms with Crippen LogP contribution in [0.4, 0.5) is 0 Å². The third-order valence-electron chi connectivity index (χ3n) is 5.20. The maximum atomic E-state index is 12.8. The molecule has 4 aromatic rings. The van der Waals surface area contributed by atoms with E-state index >= 15 is 0 Å². The summed E-state index contributed by atoms with van der Waals surface area (Å²) in [5.41, 5.74) is 3.70. The third kappa shape index (κ3) is 4.67. The van der Waals surface area contributed by atoms with Gasteiger partial charge in [0.25, 0.3) is 5.91 Å². The molecular weight excluding hydrogens is 461 g/mol. The summed E-state index contributed by atoms with van der Waals surface area (Å²) in [5, 5.41) is 3.74. The predicted molar refractivity (Wildman–Crippen MR) is 130 cm³/mol. The van der Waals surface area contributed by atoms with Crippen LogP contribution in [0.1, 0.15) is 16.1 Å². The second-order valence-electron chi connectivity index (χ2n) is 7.13. The van der Waals surface area contributed by atoms with Gasteiger partial charge in [0.2, 0.25) is 0 Å². The van der Waals surface area contributed by atoms with Gasteiger partial charge in [-0.15, -0.1) is 0 Å². The number of amides is 1. The minimum Gasteiger partial charge on any atom is -0.496 e. The van der Waals surface area contributed by atoms with Gasteiger partial charge in [-0.3, -0.25) is 9.36 Å². The molecule has 0 fully saturated rings. The van der Waals surface area contributed by atoms with Gasteiger partial charge in [0, 0.05) is 12.2 Å². The van der Waals surface area contributed by atoms with Crippen molar-refractivity contribution < 1.29 is 14.3 Å². The van der Waals surface area contributed by atoms with Gasteiger partial charge >= 0.3 is 0 Å². The van der Waals surface area contributed by atoms with E-state index in [1.54, 1.807) is 37.2 Å². The number of halogens is 2. The molecule has 6 nitrogen and oxygen atoms in total. The Balaban J connectivity index is 1.57. The number of rotatable bonds is 7. The van der Waals surface area contributed by atoms with Gasteiger partial charge in [-0.2, -0.15) is 0 Å². The van der Waals surface area contributed by atoms with Crippen molar-refractivity contribution in [2.45, 2.75) is 6.54 Å². The SMILES string of the molecule is COc1cccc(OC)c1-c1ccc(-n2cncc2C(=O)NCc2cccc(Cl)c2Cl)cc1. The molecule has 1 N–H and O–H groups in total. The first-order valence-electron chi connectivity index (χ1n) is 10.1. The standard InChI is InChI=1S/C25H21Cl2N3O3/c1-32-21-7-4-8-22(33-2)23(21)16-9-11-18(12-10-16)30-15-28-14-20(30)25(31)29-13-17-5-3-6-19(26)24(17)27/h3-12,14-15H,13H2,1-2H3,(H,29,31). The van der Waals surface area contributed by atoms with Gasteiger partial charge in [-0.25, -0.2) is 4.98 Å². The number of aromatic nitrogens is 2. The average molecular weight is 482 g/mol. The van der Waals surface area contributed by atoms with E-state index in [0.29, 0.717) is 27.2 Å². The molecule has 168 valence electrons. The molecule has 0 aliphatic heterocycles. The van der Waals surface area contributed by atoms with E-state index in [1.165, 1.54) is 6.20 Å². The summed E-state index contributed by atoms with van der Waals surface area (Å²) in [7, 11) is 3.25. The fraction of sp³-hybridized carbons (Fsp3) is 0.120. The van der Waals surface area contributed by atoms with E-state index in [-0.39, 0.29) is 12.5 Å². The van der Waals surface area contributed by atoms with Gasteiger partial charge in [0.15, 0.2) is 0 Å². The molecule has 0 radical (unpaired) electrons. The number of hydrogen-bond donors (Lipinski definition) is 1. The van der Waals surface area contributed by atoms with Gasteiger partial charge in [0.05, 0.1) is 42.4 Å². The predicted octanol–water partition coefficient (Wildman–Crippen LogP) is 5.79. The summed E-state index contributed by atoms with van der Waals surface area (Å²) in [5.74, 6) is 1.15. The molecule has 0 saturated heterocycles. The van der Waals surface area contributed by atoms with E-state index in [0.717, 1.165) is 22.4 Å². The largest absolute Gasteiger partial charge is 0.496 e.